The van der Waals surface area contributed by atoms with Crippen molar-refractivity contribution in [3.05, 3.63) is 23.5 Å². The Balaban J connectivity index is 2.00. The minimum Gasteiger partial charge on any atom is -0.496 e. The van der Waals surface area contributed by atoms with Crippen molar-refractivity contribution in [3.63, 3.8) is 0 Å². The average Bonchev–Trinajstić information content (AvgIpc) is 2.73. The predicted molar refractivity (Wildman–Crippen MR) is 109 cm³/mol. The second-order valence-electron chi connectivity index (χ2n) is 7.30. The molecule has 6 heteroatoms. The molecule has 0 aromatic heterocycles. The van der Waals surface area contributed by atoms with Gasteiger partial charge in [-0.25, -0.2) is 4.39 Å². The Morgan fingerprint density at radius 2 is 1.75 bits per heavy atom. The fourth-order valence-electron chi connectivity index (χ4n) is 3.49. The lowest BCUT2D eigenvalue weighted by Gasteiger charge is -2.37. The van der Waals surface area contributed by atoms with E-state index in [1.54, 1.807) is 6.07 Å². The maximum absolute atomic E-state index is 14.5. The van der Waals surface area contributed by atoms with Crippen LogP contribution in [0.2, 0.25) is 0 Å². The van der Waals surface area contributed by atoms with Crippen molar-refractivity contribution in [1.82, 2.24) is 0 Å². The van der Waals surface area contributed by atoms with Crippen LogP contribution in [0.3, 0.4) is 0 Å². The van der Waals surface area contributed by atoms with Gasteiger partial charge in [-0.2, -0.15) is 0 Å². The van der Waals surface area contributed by atoms with Gasteiger partial charge in [-0.3, -0.25) is 4.79 Å². The maximum atomic E-state index is 14.5. The molecule has 1 aliphatic heterocycles. The van der Waals surface area contributed by atoms with Crippen LogP contribution in [-0.2, 0) is 9.47 Å². The van der Waals surface area contributed by atoms with Gasteiger partial charge in [0.25, 0.3) is 0 Å². The third-order valence-electron chi connectivity index (χ3n) is 5.25. The molecule has 1 heterocycles. The molecule has 0 bridgehead atoms. The molecule has 0 atom stereocenters. The van der Waals surface area contributed by atoms with Crippen LogP contribution in [0.5, 0.6) is 5.75 Å². The molecule has 2 rings (SSSR count). The standard InChI is InChI=1S/C22H34FNO4/c1-4-6-12-27-22(28-13-7-5-2)17-8-10-24(11-9-17)20-15-21(26-3)18(16-25)14-19(20)23/h14-17,22H,4-13H2,1-3H3. The molecule has 0 saturated carbocycles. The largest absolute Gasteiger partial charge is 0.496 e. The summed E-state index contributed by atoms with van der Waals surface area (Å²) in [5.74, 6) is 0.317. The lowest BCUT2D eigenvalue weighted by molar-refractivity contribution is -0.177. The van der Waals surface area contributed by atoms with E-state index in [0.29, 0.717) is 36.9 Å². The molecule has 1 aliphatic rings. The summed E-state index contributed by atoms with van der Waals surface area (Å²) < 4.78 is 31.8. The fraction of sp³-hybridized carbons (Fsp3) is 0.682. The molecular weight excluding hydrogens is 361 g/mol. The number of rotatable bonds is 12. The van der Waals surface area contributed by atoms with Crippen LogP contribution in [0.4, 0.5) is 10.1 Å². The van der Waals surface area contributed by atoms with Gasteiger partial charge < -0.3 is 19.1 Å². The number of halogens is 1. The van der Waals surface area contributed by atoms with Crippen LogP contribution >= 0.6 is 0 Å². The van der Waals surface area contributed by atoms with Crippen LogP contribution in [0.1, 0.15) is 62.7 Å². The van der Waals surface area contributed by atoms with Crippen molar-refractivity contribution < 1.29 is 23.4 Å². The number of hydrogen-bond acceptors (Lipinski definition) is 5. The Labute approximate surface area is 168 Å². The fourth-order valence-corrected chi connectivity index (χ4v) is 3.49. The zero-order chi connectivity index (χ0) is 20.4. The van der Waals surface area contributed by atoms with Crippen molar-refractivity contribution in [2.75, 3.05) is 38.3 Å². The van der Waals surface area contributed by atoms with Gasteiger partial charge in [-0.15, -0.1) is 0 Å². The molecule has 5 nitrogen and oxygen atoms in total. The number of nitrogens with zero attached hydrogens (tertiary/aromatic N) is 1. The van der Waals surface area contributed by atoms with E-state index in [4.69, 9.17) is 14.2 Å². The van der Waals surface area contributed by atoms with E-state index in [-0.39, 0.29) is 11.9 Å². The maximum Gasteiger partial charge on any atom is 0.160 e. The molecule has 158 valence electrons. The van der Waals surface area contributed by atoms with Crippen LogP contribution < -0.4 is 9.64 Å². The molecule has 0 N–H and O–H groups in total. The predicted octanol–water partition coefficient (Wildman–Crippen LogP) is 4.82. The summed E-state index contributed by atoms with van der Waals surface area (Å²) in [6, 6.07) is 2.87. The van der Waals surface area contributed by atoms with Gasteiger partial charge in [0.15, 0.2) is 12.6 Å². The first kappa shape index (κ1) is 22.6. The van der Waals surface area contributed by atoms with Crippen molar-refractivity contribution in [3.8, 4) is 5.75 Å². The highest BCUT2D eigenvalue weighted by Crippen LogP contribution is 2.32. The summed E-state index contributed by atoms with van der Waals surface area (Å²) in [6.07, 6.45) is 6.43. The molecule has 1 aromatic carbocycles. The van der Waals surface area contributed by atoms with E-state index in [1.165, 1.54) is 13.2 Å². The lowest BCUT2D eigenvalue weighted by Crippen LogP contribution is -2.40. The third kappa shape index (κ3) is 6.17. The third-order valence-corrected chi connectivity index (χ3v) is 5.25. The van der Waals surface area contributed by atoms with E-state index in [1.807, 2.05) is 4.90 Å². The number of aldehydes is 1. The summed E-state index contributed by atoms with van der Waals surface area (Å²) in [5.41, 5.74) is 0.712. The first-order valence-electron chi connectivity index (χ1n) is 10.4. The Kier molecular flexibility index (Phi) is 9.71. The molecule has 1 aromatic rings. The number of piperidine rings is 1. The molecule has 0 radical (unpaired) electrons. The van der Waals surface area contributed by atoms with Crippen molar-refractivity contribution >= 4 is 12.0 Å². The average molecular weight is 396 g/mol. The second kappa shape index (κ2) is 12.0. The van der Waals surface area contributed by atoms with Crippen molar-refractivity contribution in [2.45, 2.75) is 58.7 Å². The van der Waals surface area contributed by atoms with Gasteiger partial charge in [-0.05, 0) is 31.7 Å². The van der Waals surface area contributed by atoms with Crippen molar-refractivity contribution in [2.24, 2.45) is 5.92 Å². The lowest BCUT2D eigenvalue weighted by atomic mass is 9.95. The highest BCUT2D eigenvalue weighted by Gasteiger charge is 2.29. The van der Waals surface area contributed by atoms with Gasteiger partial charge in [0.05, 0.1) is 18.4 Å². The Bertz CT molecular complexity index is 592. The number of anilines is 1. The molecule has 0 spiro atoms. The zero-order valence-electron chi connectivity index (χ0n) is 17.4. The van der Waals surface area contributed by atoms with E-state index in [2.05, 4.69) is 13.8 Å². The first-order chi connectivity index (χ1) is 13.6. The van der Waals surface area contributed by atoms with E-state index in [9.17, 15) is 9.18 Å². The Hall–Kier alpha value is -1.66. The molecule has 0 aliphatic carbocycles. The van der Waals surface area contributed by atoms with Gasteiger partial charge in [-0.1, -0.05) is 26.7 Å². The second-order valence-corrected chi connectivity index (χ2v) is 7.30. The van der Waals surface area contributed by atoms with E-state index >= 15 is 0 Å². The number of unbranched alkanes of at least 4 members (excludes halogenated alkanes) is 2. The summed E-state index contributed by atoms with van der Waals surface area (Å²) in [7, 11) is 1.49. The smallest absolute Gasteiger partial charge is 0.160 e. The highest BCUT2D eigenvalue weighted by molar-refractivity contribution is 5.81. The minimum absolute atomic E-state index is 0.183. The van der Waals surface area contributed by atoms with Crippen LogP contribution in [0.15, 0.2) is 12.1 Å². The number of carbonyl (C=O) groups is 1. The molecule has 1 fully saturated rings. The molecule has 0 unspecified atom stereocenters. The zero-order valence-corrected chi connectivity index (χ0v) is 17.4. The summed E-state index contributed by atoms with van der Waals surface area (Å²) >= 11 is 0. The molecule has 28 heavy (non-hydrogen) atoms. The number of benzene rings is 1. The molecular formula is C22H34FNO4. The van der Waals surface area contributed by atoms with Gasteiger partial charge >= 0.3 is 0 Å². The molecule has 0 amide bonds. The Morgan fingerprint density at radius 1 is 1.14 bits per heavy atom. The highest BCUT2D eigenvalue weighted by atomic mass is 19.1. The van der Waals surface area contributed by atoms with Gasteiger partial charge in [0, 0.05) is 38.3 Å². The van der Waals surface area contributed by atoms with Crippen LogP contribution in [0, 0.1) is 11.7 Å². The monoisotopic (exact) mass is 395 g/mol. The van der Waals surface area contributed by atoms with E-state index < -0.39 is 5.82 Å². The van der Waals surface area contributed by atoms with Crippen LogP contribution in [-0.4, -0.2) is 46.0 Å². The van der Waals surface area contributed by atoms with Gasteiger partial charge in [0.2, 0.25) is 0 Å². The molecule has 1 saturated heterocycles. The Morgan fingerprint density at radius 3 is 2.25 bits per heavy atom. The quantitative estimate of drug-likeness (QED) is 0.288. The first-order valence-corrected chi connectivity index (χ1v) is 10.4. The van der Waals surface area contributed by atoms with Crippen LogP contribution in [0.25, 0.3) is 0 Å². The number of methoxy groups -OCH3 is 1. The number of ether oxygens (including phenoxy) is 3. The SMILES string of the molecule is CCCCOC(OCCCC)C1CCN(c2cc(OC)c(C=O)cc2F)CC1. The van der Waals surface area contributed by atoms with E-state index in [0.717, 1.165) is 51.6 Å². The number of hydrogen-bond donors (Lipinski definition) is 0. The summed E-state index contributed by atoms with van der Waals surface area (Å²) in [5, 5.41) is 0. The summed E-state index contributed by atoms with van der Waals surface area (Å²) in [6.45, 7) is 7.16. The summed E-state index contributed by atoms with van der Waals surface area (Å²) in [4.78, 5) is 13.1. The normalized spacial score (nSPS) is 15.2. The van der Waals surface area contributed by atoms with Crippen molar-refractivity contribution in [1.29, 1.82) is 0 Å². The topological polar surface area (TPSA) is 48.0 Å². The van der Waals surface area contributed by atoms with Gasteiger partial charge in [0.1, 0.15) is 11.6 Å². The minimum atomic E-state index is -0.392. The number of carbonyl (C=O) groups excluding carboxylic acids is 1.